The molecule has 0 bridgehead atoms. The summed E-state index contributed by atoms with van der Waals surface area (Å²) in [6.07, 6.45) is -0.489. The van der Waals surface area contributed by atoms with Crippen LogP contribution in [0.1, 0.15) is 28.3 Å². The van der Waals surface area contributed by atoms with E-state index in [9.17, 15) is 9.90 Å². The Bertz CT molecular complexity index is 489. The summed E-state index contributed by atoms with van der Waals surface area (Å²) < 4.78 is 0. The first-order chi connectivity index (χ1) is 8.16. The van der Waals surface area contributed by atoms with Gasteiger partial charge in [-0.2, -0.15) is 0 Å². The smallest absolute Gasteiger partial charge is 0.265 e. The molecule has 0 aliphatic heterocycles. The predicted octanol–water partition coefficient (Wildman–Crippen LogP) is 3.05. The Kier molecular flexibility index (Phi) is 3.56. The Morgan fingerprint density at radius 1 is 1.29 bits per heavy atom. The van der Waals surface area contributed by atoms with Crippen molar-refractivity contribution in [1.29, 1.82) is 0 Å². The van der Waals surface area contributed by atoms with Gasteiger partial charge in [-0.1, -0.05) is 18.2 Å². The lowest BCUT2D eigenvalue weighted by atomic mass is 10.1. The standard InChI is InChI=1S/C13H13NO2S/c1-9(15)10-4-6-11(7-5-10)14-13(16)12-3-2-8-17-12/h2-9,15H,1H3,(H,14,16). The molecular formula is C13H13NO2S. The van der Waals surface area contributed by atoms with E-state index in [1.54, 1.807) is 37.3 Å². The Labute approximate surface area is 104 Å². The minimum absolute atomic E-state index is 0.107. The second-order valence-corrected chi connectivity index (χ2v) is 4.68. The zero-order chi connectivity index (χ0) is 12.3. The fourth-order valence-electron chi connectivity index (χ4n) is 1.45. The van der Waals surface area contributed by atoms with Crippen LogP contribution in [0, 0.1) is 0 Å². The van der Waals surface area contributed by atoms with E-state index in [1.807, 2.05) is 11.4 Å². The number of thiophene rings is 1. The van der Waals surface area contributed by atoms with Crippen LogP contribution in [0.3, 0.4) is 0 Å². The molecular weight excluding hydrogens is 234 g/mol. The molecule has 1 amide bonds. The van der Waals surface area contributed by atoms with Gasteiger partial charge in [-0.15, -0.1) is 11.3 Å². The molecule has 0 aliphatic rings. The zero-order valence-corrected chi connectivity index (χ0v) is 10.2. The van der Waals surface area contributed by atoms with Crippen molar-refractivity contribution in [3.63, 3.8) is 0 Å². The molecule has 1 heterocycles. The molecule has 3 nitrogen and oxygen atoms in total. The third-order valence-electron chi connectivity index (χ3n) is 2.40. The quantitative estimate of drug-likeness (QED) is 0.875. The van der Waals surface area contributed by atoms with E-state index in [2.05, 4.69) is 5.32 Å². The number of hydrogen-bond donors (Lipinski definition) is 2. The van der Waals surface area contributed by atoms with Crippen LogP contribution in [0.5, 0.6) is 0 Å². The van der Waals surface area contributed by atoms with Crippen molar-refractivity contribution in [3.05, 3.63) is 52.2 Å². The Hall–Kier alpha value is -1.65. The van der Waals surface area contributed by atoms with E-state index in [0.717, 1.165) is 11.3 Å². The fraction of sp³-hybridized carbons (Fsp3) is 0.154. The Morgan fingerprint density at radius 3 is 2.53 bits per heavy atom. The molecule has 2 rings (SSSR count). The first-order valence-corrected chi connectivity index (χ1v) is 6.17. The van der Waals surface area contributed by atoms with Crippen molar-refractivity contribution >= 4 is 22.9 Å². The van der Waals surface area contributed by atoms with Crippen LogP contribution in [-0.2, 0) is 0 Å². The van der Waals surface area contributed by atoms with Gasteiger partial charge in [0.2, 0.25) is 0 Å². The molecule has 88 valence electrons. The molecule has 4 heteroatoms. The van der Waals surface area contributed by atoms with Crippen LogP contribution in [-0.4, -0.2) is 11.0 Å². The van der Waals surface area contributed by atoms with Crippen molar-refractivity contribution in [2.24, 2.45) is 0 Å². The highest BCUT2D eigenvalue weighted by atomic mass is 32.1. The summed E-state index contributed by atoms with van der Waals surface area (Å²) >= 11 is 1.41. The number of anilines is 1. The molecule has 0 radical (unpaired) electrons. The normalized spacial score (nSPS) is 12.1. The maximum absolute atomic E-state index is 11.7. The number of aliphatic hydroxyl groups excluding tert-OH is 1. The van der Waals surface area contributed by atoms with E-state index in [4.69, 9.17) is 0 Å². The minimum atomic E-state index is -0.489. The van der Waals surface area contributed by atoms with Gasteiger partial charge in [0.1, 0.15) is 0 Å². The lowest BCUT2D eigenvalue weighted by Gasteiger charge is -2.07. The average Bonchev–Trinajstić information content (AvgIpc) is 2.83. The molecule has 0 saturated heterocycles. The summed E-state index contributed by atoms with van der Waals surface area (Å²) in [5.41, 5.74) is 1.56. The lowest BCUT2D eigenvalue weighted by Crippen LogP contribution is -2.09. The summed E-state index contributed by atoms with van der Waals surface area (Å²) in [6.45, 7) is 1.71. The molecule has 17 heavy (non-hydrogen) atoms. The summed E-state index contributed by atoms with van der Waals surface area (Å²) in [4.78, 5) is 12.4. The number of rotatable bonds is 3. The van der Waals surface area contributed by atoms with Crippen molar-refractivity contribution in [2.45, 2.75) is 13.0 Å². The van der Waals surface area contributed by atoms with Gasteiger partial charge in [-0.3, -0.25) is 4.79 Å². The van der Waals surface area contributed by atoms with Gasteiger partial charge >= 0.3 is 0 Å². The van der Waals surface area contributed by atoms with Crippen LogP contribution >= 0.6 is 11.3 Å². The average molecular weight is 247 g/mol. The van der Waals surface area contributed by atoms with Gasteiger partial charge in [0, 0.05) is 5.69 Å². The van der Waals surface area contributed by atoms with Crippen molar-refractivity contribution in [2.75, 3.05) is 5.32 Å². The first kappa shape index (κ1) is 11.8. The molecule has 0 spiro atoms. The van der Waals surface area contributed by atoms with Gasteiger partial charge < -0.3 is 10.4 Å². The maximum Gasteiger partial charge on any atom is 0.265 e. The summed E-state index contributed by atoms with van der Waals surface area (Å²) in [5, 5.41) is 14.0. The molecule has 2 N–H and O–H groups in total. The van der Waals surface area contributed by atoms with Crippen molar-refractivity contribution < 1.29 is 9.90 Å². The highest BCUT2D eigenvalue weighted by Crippen LogP contribution is 2.17. The number of aliphatic hydroxyl groups is 1. The maximum atomic E-state index is 11.7. The number of amides is 1. The topological polar surface area (TPSA) is 49.3 Å². The summed E-state index contributed by atoms with van der Waals surface area (Å²) in [5.74, 6) is -0.107. The van der Waals surface area contributed by atoms with Gasteiger partial charge in [0.15, 0.2) is 0 Å². The lowest BCUT2D eigenvalue weighted by molar-refractivity contribution is 0.103. The van der Waals surface area contributed by atoms with E-state index < -0.39 is 6.10 Å². The van der Waals surface area contributed by atoms with Crippen LogP contribution in [0.2, 0.25) is 0 Å². The molecule has 1 aromatic heterocycles. The highest BCUT2D eigenvalue weighted by molar-refractivity contribution is 7.12. The fourth-order valence-corrected chi connectivity index (χ4v) is 2.06. The first-order valence-electron chi connectivity index (χ1n) is 5.29. The van der Waals surface area contributed by atoms with Gasteiger partial charge in [-0.25, -0.2) is 0 Å². The summed E-state index contributed by atoms with van der Waals surface area (Å²) in [7, 11) is 0. The molecule has 1 unspecified atom stereocenters. The SMILES string of the molecule is CC(O)c1ccc(NC(=O)c2cccs2)cc1. The molecule has 0 aliphatic carbocycles. The highest BCUT2D eigenvalue weighted by Gasteiger charge is 2.07. The number of nitrogens with one attached hydrogen (secondary N) is 1. The Morgan fingerprint density at radius 2 is 2.00 bits per heavy atom. The van der Waals surface area contributed by atoms with Gasteiger partial charge in [-0.05, 0) is 36.1 Å². The molecule has 1 atom stereocenters. The van der Waals surface area contributed by atoms with Crippen molar-refractivity contribution in [1.82, 2.24) is 0 Å². The van der Waals surface area contributed by atoms with E-state index in [0.29, 0.717) is 4.88 Å². The number of carbonyl (C=O) groups is 1. The second kappa shape index (κ2) is 5.12. The minimum Gasteiger partial charge on any atom is -0.389 e. The number of hydrogen-bond acceptors (Lipinski definition) is 3. The third-order valence-corrected chi connectivity index (χ3v) is 3.26. The van der Waals surface area contributed by atoms with Gasteiger partial charge in [0.05, 0.1) is 11.0 Å². The summed E-state index contributed by atoms with van der Waals surface area (Å²) in [6, 6.07) is 10.8. The van der Waals surface area contributed by atoms with Crippen LogP contribution in [0.25, 0.3) is 0 Å². The molecule has 0 saturated carbocycles. The van der Waals surface area contributed by atoms with Crippen LogP contribution in [0.4, 0.5) is 5.69 Å². The van der Waals surface area contributed by atoms with E-state index >= 15 is 0 Å². The van der Waals surface area contributed by atoms with E-state index in [-0.39, 0.29) is 5.91 Å². The predicted molar refractivity (Wildman–Crippen MR) is 69.3 cm³/mol. The molecule has 0 fully saturated rings. The Balaban J connectivity index is 2.07. The zero-order valence-electron chi connectivity index (χ0n) is 9.38. The molecule has 2 aromatic rings. The largest absolute Gasteiger partial charge is 0.389 e. The third kappa shape index (κ3) is 2.93. The van der Waals surface area contributed by atoms with Crippen molar-refractivity contribution in [3.8, 4) is 0 Å². The second-order valence-electron chi connectivity index (χ2n) is 3.73. The van der Waals surface area contributed by atoms with Gasteiger partial charge in [0.25, 0.3) is 5.91 Å². The number of benzene rings is 1. The van der Waals surface area contributed by atoms with E-state index in [1.165, 1.54) is 11.3 Å². The number of carbonyl (C=O) groups excluding carboxylic acids is 1. The molecule has 1 aromatic carbocycles. The monoisotopic (exact) mass is 247 g/mol. The van der Waals surface area contributed by atoms with Crippen LogP contribution < -0.4 is 5.32 Å². The van der Waals surface area contributed by atoms with Crippen LogP contribution in [0.15, 0.2) is 41.8 Å².